The first-order valence-electron chi connectivity index (χ1n) is 30.5. The minimum absolute atomic E-state index is 0. The van der Waals surface area contributed by atoms with Crippen molar-refractivity contribution in [3.63, 3.8) is 0 Å². The monoisotopic (exact) mass is 1220 g/mol. The predicted molar refractivity (Wildman–Crippen MR) is 372 cm³/mol. The van der Waals surface area contributed by atoms with Crippen LogP contribution in [0, 0.1) is 6.92 Å². The molecule has 0 aromatic heterocycles. The number of hydrogen-bond acceptors (Lipinski definition) is 5. The molecule has 0 N–H and O–H groups in total. The Morgan fingerprint density at radius 3 is 0.920 bits per heavy atom. The average Bonchev–Trinajstić information content (AvgIpc) is 1.70. The maximum Gasteiger partial charge on any atom is 1.00 e. The molecule has 0 aliphatic carbocycles. The summed E-state index contributed by atoms with van der Waals surface area (Å²) in [6, 6.07) is 90.7. The van der Waals surface area contributed by atoms with Crippen molar-refractivity contribution in [1.82, 2.24) is 0 Å². The maximum absolute atomic E-state index is 6.32. The van der Waals surface area contributed by atoms with E-state index in [4.69, 9.17) is 23.3 Å². The van der Waals surface area contributed by atoms with Crippen LogP contribution in [0.3, 0.4) is 0 Å². The Morgan fingerprint density at radius 2 is 0.602 bits per heavy atom. The van der Waals surface area contributed by atoms with Crippen LogP contribution in [0.25, 0.3) is 89.0 Å². The first-order valence-corrected chi connectivity index (χ1v) is 31.3. The van der Waals surface area contributed by atoms with E-state index < -0.39 is 7.32 Å². The third-order valence-corrected chi connectivity index (χ3v) is 17.1. The summed E-state index contributed by atoms with van der Waals surface area (Å²) < 4.78 is 30.4. The van der Waals surface area contributed by atoms with Gasteiger partial charge in [-0.15, -0.1) is 0 Å². The van der Waals surface area contributed by atoms with E-state index in [-0.39, 0.29) is 54.5 Å². The van der Waals surface area contributed by atoms with E-state index in [2.05, 4.69) is 312 Å². The van der Waals surface area contributed by atoms with Crippen LogP contribution >= 0.6 is 15.9 Å². The van der Waals surface area contributed by atoms with Gasteiger partial charge in [0.05, 0.1) is 22.4 Å². The SMILES string of the molecule is Brc1cccc(-c2cccc(-c3cc(-c4ccccc4)cc(-c4ccccc4)c3)c2)c1.CC(C)OB1OC(C)(C)C(C)(C)O1.CC1(C)OB(c2cccc(-c3cccc(-c4cc(-c5ccccc5)cc(-c5ccccc5)c4)c3)c2)OC1(C)C.[CH2-]CCC.[Li+]. The second kappa shape index (κ2) is 30.1. The molecular weight excluding hydrogens is 1140 g/mol. The number of benzene rings is 10. The molecule has 2 aliphatic rings. The first-order chi connectivity index (χ1) is 41.7. The van der Waals surface area contributed by atoms with Crippen molar-refractivity contribution in [3.05, 3.63) is 266 Å². The first kappa shape index (κ1) is 67.1. The van der Waals surface area contributed by atoms with Gasteiger partial charge in [-0.3, -0.25) is 0 Å². The van der Waals surface area contributed by atoms with Gasteiger partial charge in [0.25, 0.3) is 0 Å². The summed E-state index contributed by atoms with van der Waals surface area (Å²) in [5.41, 5.74) is 19.0. The van der Waals surface area contributed by atoms with Crippen LogP contribution in [0.5, 0.6) is 0 Å². The van der Waals surface area contributed by atoms with Crippen molar-refractivity contribution in [1.29, 1.82) is 0 Å². The molecule has 10 aromatic rings. The second-order valence-electron chi connectivity index (χ2n) is 24.5. The van der Waals surface area contributed by atoms with Crippen molar-refractivity contribution < 1.29 is 42.1 Å². The molecule has 0 atom stereocenters. The average molecular weight is 1220 g/mol. The molecule has 9 heteroatoms. The topological polar surface area (TPSA) is 46.2 Å². The molecular formula is C79H82B2BrLiO5. The zero-order valence-corrected chi connectivity index (χ0v) is 55.1. The predicted octanol–water partition coefficient (Wildman–Crippen LogP) is 18.4. The zero-order valence-electron chi connectivity index (χ0n) is 53.5. The van der Waals surface area contributed by atoms with Crippen molar-refractivity contribution in [3.8, 4) is 89.0 Å². The number of halogens is 1. The van der Waals surface area contributed by atoms with E-state index in [0.717, 1.165) is 27.5 Å². The molecule has 2 heterocycles. The van der Waals surface area contributed by atoms with Gasteiger partial charge in [0.15, 0.2) is 0 Å². The molecule has 0 saturated carbocycles. The third-order valence-electron chi connectivity index (χ3n) is 16.6. The van der Waals surface area contributed by atoms with Crippen molar-refractivity contribution in [2.45, 2.75) is 118 Å². The van der Waals surface area contributed by atoms with Crippen LogP contribution in [0.1, 0.15) is 89.0 Å². The fourth-order valence-electron chi connectivity index (χ4n) is 10.1. The molecule has 2 aliphatic heterocycles. The minimum Gasteiger partial charge on any atom is -0.399 e. The molecule has 5 nitrogen and oxygen atoms in total. The van der Waals surface area contributed by atoms with Gasteiger partial charge >= 0.3 is 33.3 Å². The van der Waals surface area contributed by atoms with Crippen molar-refractivity contribution in [2.75, 3.05) is 0 Å². The third kappa shape index (κ3) is 17.1. The molecule has 88 heavy (non-hydrogen) atoms. The van der Waals surface area contributed by atoms with Gasteiger partial charge in [-0.25, -0.2) is 0 Å². The van der Waals surface area contributed by atoms with Crippen LogP contribution in [-0.2, 0) is 23.3 Å². The molecule has 0 bridgehead atoms. The van der Waals surface area contributed by atoms with Crippen LogP contribution in [-0.4, -0.2) is 42.9 Å². The minimum atomic E-state index is -0.523. The van der Waals surface area contributed by atoms with Crippen molar-refractivity contribution >= 4 is 35.8 Å². The molecule has 442 valence electrons. The van der Waals surface area contributed by atoms with Crippen molar-refractivity contribution in [2.24, 2.45) is 0 Å². The molecule has 0 radical (unpaired) electrons. The smallest absolute Gasteiger partial charge is 0.399 e. The fourth-order valence-corrected chi connectivity index (χ4v) is 10.5. The number of rotatable bonds is 12. The second-order valence-corrected chi connectivity index (χ2v) is 25.4. The summed E-state index contributed by atoms with van der Waals surface area (Å²) in [5, 5.41) is 0. The van der Waals surface area contributed by atoms with Crippen LogP contribution < -0.4 is 24.3 Å². The van der Waals surface area contributed by atoms with E-state index in [0.29, 0.717) is 0 Å². The molecule has 2 fully saturated rings. The summed E-state index contributed by atoms with van der Waals surface area (Å²) in [6.07, 6.45) is 2.40. The van der Waals surface area contributed by atoms with Gasteiger partial charge in [-0.1, -0.05) is 223 Å². The Balaban J connectivity index is 0.000000182. The Morgan fingerprint density at radius 1 is 0.352 bits per heavy atom. The zero-order chi connectivity index (χ0) is 61.8. The van der Waals surface area contributed by atoms with E-state index >= 15 is 0 Å². The Bertz CT molecular complexity index is 3690. The molecule has 10 aromatic carbocycles. The van der Waals surface area contributed by atoms with Crippen LogP contribution in [0.15, 0.2) is 259 Å². The maximum atomic E-state index is 6.32. The van der Waals surface area contributed by atoms with E-state index in [1.54, 1.807) is 0 Å². The summed E-state index contributed by atoms with van der Waals surface area (Å²) in [7, 11) is -0.904. The van der Waals surface area contributed by atoms with Gasteiger partial charge in [-0.2, -0.15) is 6.42 Å². The van der Waals surface area contributed by atoms with E-state index in [1.807, 2.05) is 41.5 Å². The number of unbranched alkanes of at least 4 members (excludes halogenated alkanes) is 1. The molecule has 0 unspecified atom stereocenters. The Labute approximate surface area is 546 Å². The van der Waals surface area contributed by atoms with Gasteiger partial charge < -0.3 is 30.2 Å². The largest absolute Gasteiger partial charge is 1.00 e. The summed E-state index contributed by atoms with van der Waals surface area (Å²) in [4.78, 5) is 0. The summed E-state index contributed by atoms with van der Waals surface area (Å²) in [6.45, 7) is 26.1. The van der Waals surface area contributed by atoms with Crippen LogP contribution in [0.2, 0.25) is 0 Å². The van der Waals surface area contributed by atoms with E-state index in [1.165, 1.54) is 84.3 Å². The standard InChI is InChI=1S/C36H33BO2.C30H21Br.C9H19BO3.C4H9.Li/c1-35(2)36(3,4)39-37(38-35)34-20-12-19-30(25-34)28-17-11-18-29(21-28)33-23-31(26-13-7-5-8-14-26)22-32(24-33)27-15-9-6-10-16-27;31-30-16-8-15-26(21-30)24-13-7-14-25(17-24)29-19-27(22-9-3-1-4-10-22)18-28(20-29)23-11-5-2-6-12-23;1-7(2)11-10-12-8(3,4)9(5,6)13-10;1-3-4-2;/h5-25H,1-4H3;1-21H;7H,1-6H3;1,3-4H2,2H3;/q;;;-1;+1. The van der Waals surface area contributed by atoms with Gasteiger partial charge in [0, 0.05) is 10.6 Å². The Hall–Kier alpha value is -6.79. The summed E-state index contributed by atoms with van der Waals surface area (Å²) >= 11 is 3.59. The molecule has 12 rings (SSSR count). The molecule has 2 saturated heterocycles. The normalized spacial score (nSPS) is 14.9. The molecule has 0 amide bonds. The summed E-state index contributed by atoms with van der Waals surface area (Å²) in [5.74, 6) is 0. The van der Waals surface area contributed by atoms with Gasteiger partial charge in [0.1, 0.15) is 0 Å². The molecule has 0 spiro atoms. The van der Waals surface area contributed by atoms with Gasteiger partial charge in [-0.05, 0) is 224 Å². The quantitative estimate of drug-likeness (QED) is 0.0901. The van der Waals surface area contributed by atoms with Crippen LogP contribution in [0.4, 0.5) is 0 Å². The Kier molecular flexibility index (Phi) is 23.0. The fraction of sp³-hybridized carbons (Fsp3) is 0.228. The number of hydrogen-bond donors (Lipinski definition) is 0. The van der Waals surface area contributed by atoms with E-state index in [9.17, 15) is 0 Å². The van der Waals surface area contributed by atoms with Gasteiger partial charge in [0.2, 0.25) is 0 Å².